The minimum absolute atomic E-state index is 0.106. The van der Waals surface area contributed by atoms with Crippen molar-refractivity contribution in [3.63, 3.8) is 0 Å². The van der Waals surface area contributed by atoms with Crippen molar-refractivity contribution in [3.05, 3.63) is 46.5 Å². The zero-order valence-corrected chi connectivity index (χ0v) is 11.7. The zero-order valence-electron chi connectivity index (χ0n) is 10.9. The lowest BCUT2D eigenvalue weighted by Gasteiger charge is -2.14. The average Bonchev–Trinajstić information content (AvgIpc) is 2.45. The van der Waals surface area contributed by atoms with Crippen molar-refractivity contribution in [1.82, 2.24) is 10.6 Å². The highest BCUT2D eigenvalue weighted by atomic mass is 35.5. The molecule has 0 aliphatic carbocycles. The van der Waals surface area contributed by atoms with Gasteiger partial charge in [0.25, 0.3) is 0 Å². The Balaban J connectivity index is 1.69. The molecular formula is C15H19ClN2O. The van der Waals surface area contributed by atoms with Crippen molar-refractivity contribution in [2.75, 3.05) is 19.6 Å². The van der Waals surface area contributed by atoms with E-state index in [0.717, 1.165) is 36.5 Å². The molecule has 1 amide bonds. The van der Waals surface area contributed by atoms with Crippen LogP contribution in [0.25, 0.3) is 0 Å². The summed E-state index contributed by atoms with van der Waals surface area (Å²) in [5.74, 6) is 0.106. The molecule has 1 aliphatic rings. The fourth-order valence-corrected chi connectivity index (χ4v) is 2.17. The number of hydrogen-bond donors (Lipinski definition) is 2. The largest absolute Gasteiger partial charge is 0.352 e. The fraction of sp³-hybridized carbons (Fsp3) is 0.400. The van der Waals surface area contributed by atoms with Crippen LogP contribution in [-0.2, 0) is 11.2 Å². The van der Waals surface area contributed by atoms with E-state index in [1.807, 2.05) is 24.3 Å². The molecule has 0 saturated carbocycles. The summed E-state index contributed by atoms with van der Waals surface area (Å²) in [6.07, 6.45) is 4.46. The number of carbonyl (C=O) groups excluding carboxylic acids is 1. The van der Waals surface area contributed by atoms with Gasteiger partial charge in [-0.2, -0.15) is 0 Å². The molecule has 0 spiro atoms. The van der Waals surface area contributed by atoms with Crippen LogP contribution in [0.1, 0.15) is 18.4 Å². The molecule has 0 saturated heterocycles. The topological polar surface area (TPSA) is 41.1 Å². The number of halogens is 1. The molecule has 1 aliphatic heterocycles. The van der Waals surface area contributed by atoms with Crippen LogP contribution in [0, 0.1) is 0 Å². The molecule has 0 atom stereocenters. The van der Waals surface area contributed by atoms with Gasteiger partial charge in [-0.25, -0.2) is 0 Å². The molecule has 1 heterocycles. The van der Waals surface area contributed by atoms with E-state index < -0.39 is 0 Å². The van der Waals surface area contributed by atoms with Crippen molar-refractivity contribution in [3.8, 4) is 0 Å². The lowest BCUT2D eigenvalue weighted by Crippen LogP contribution is -2.29. The summed E-state index contributed by atoms with van der Waals surface area (Å²) in [6.45, 7) is 2.60. The first-order valence-corrected chi connectivity index (χ1v) is 7.01. The smallest absolute Gasteiger partial charge is 0.220 e. The second kappa shape index (κ2) is 7.31. The SMILES string of the molecule is O=C(CCc1ccc(Cl)cc1)NCC1=CCNCC1. The molecule has 0 aromatic heterocycles. The van der Waals surface area contributed by atoms with E-state index in [-0.39, 0.29) is 5.91 Å². The maximum atomic E-state index is 11.7. The van der Waals surface area contributed by atoms with E-state index in [1.54, 1.807) is 0 Å². The van der Waals surface area contributed by atoms with E-state index in [0.29, 0.717) is 13.0 Å². The van der Waals surface area contributed by atoms with Crippen LogP contribution in [0.4, 0.5) is 0 Å². The van der Waals surface area contributed by atoms with Crippen LogP contribution in [0.15, 0.2) is 35.9 Å². The van der Waals surface area contributed by atoms with Gasteiger partial charge < -0.3 is 10.6 Å². The van der Waals surface area contributed by atoms with Crippen molar-refractivity contribution in [2.24, 2.45) is 0 Å². The molecule has 0 fully saturated rings. The van der Waals surface area contributed by atoms with Crippen molar-refractivity contribution in [2.45, 2.75) is 19.3 Å². The van der Waals surface area contributed by atoms with Crippen molar-refractivity contribution in [1.29, 1.82) is 0 Å². The number of hydrogen-bond acceptors (Lipinski definition) is 2. The first-order chi connectivity index (χ1) is 9.24. The van der Waals surface area contributed by atoms with Crippen molar-refractivity contribution < 1.29 is 4.79 Å². The zero-order chi connectivity index (χ0) is 13.5. The average molecular weight is 279 g/mol. The van der Waals surface area contributed by atoms with Crippen LogP contribution in [-0.4, -0.2) is 25.5 Å². The molecule has 0 unspecified atom stereocenters. The summed E-state index contributed by atoms with van der Waals surface area (Å²) in [4.78, 5) is 11.7. The Morgan fingerprint density at radius 2 is 2.11 bits per heavy atom. The molecule has 2 N–H and O–H groups in total. The Hall–Kier alpha value is -1.32. The van der Waals surface area contributed by atoms with Gasteiger partial charge in [-0.05, 0) is 37.1 Å². The molecule has 2 rings (SSSR count). The van der Waals surface area contributed by atoms with Crippen molar-refractivity contribution >= 4 is 17.5 Å². The normalized spacial score (nSPS) is 14.9. The van der Waals surface area contributed by atoms with Gasteiger partial charge in [-0.1, -0.05) is 35.4 Å². The minimum atomic E-state index is 0.106. The predicted molar refractivity (Wildman–Crippen MR) is 78.4 cm³/mol. The van der Waals surface area contributed by atoms with Gasteiger partial charge in [0.05, 0.1) is 0 Å². The van der Waals surface area contributed by atoms with Crippen LogP contribution in [0.2, 0.25) is 5.02 Å². The lowest BCUT2D eigenvalue weighted by atomic mass is 10.1. The summed E-state index contributed by atoms with van der Waals surface area (Å²) in [7, 11) is 0. The third kappa shape index (κ3) is 5.05. The van der Waals surface area contributed by atoms with Gasteiger partial charge in [-0.3, -0.25) is 4.79 Å². The first kappa shape index (κ1) is 14.1. The standard InChI is InChI=1S/C15H19ClN2O/c16-14-4-1-12(2-5-14)3-6-15(19)18-11-13-7-9-17-10-8-13/h1-2,4-5,7,17H,3,6,8-11H2,(H,18,19). The Labute approximate surface area is 119 Å². The molecule has 3 nitrogen and oxygen atoms in total. The van der Waals surface area contributed by atoms with Gasteiger partial charge in [0.2, 0.25) is 5.91 Å². The predicted octanol–water partition coefficient (Wildman–Crippen LogP) is 2.31. The number of amides is 1. The third-order valence-corrected chi connectivity index (χ3v) is 3.48. The number of carbonyl (C=O) groups is 1. The van der Waals surface area contributed by atoms with Crippen LogP contribution in [0.5, 0.6) is 0 Å². The second-order valence-corrected chi connectivity index (χ2v) is 5.16. The lowest BCUT2D eigenvalue weighted by molar-refractivity contribution is -0.120. The monoisotopic (exact) mass is 278 g/mol. The van der Waals surface area contributed by atoms with E-state index in [1.165, 1.54) is 5.57 Å². The van der Waals surface area contributed by atoms with E-state index >= 15 is 0 Å². The van der Waals surface area contributed by atoms with Gasteiger partial charge in [-0.15, -0.1) is 0 Å². The highest BCUT2D eigenvalue weighted by molar-refractivity contribution is 6.30. The highest BCUT2D eigenvalue weighted by Crippen LogP contribution is 2.11. The Bertz CT molecular complexity index is 454. The van der Waals surface area contributed by atoms with E-state index in [9.17, 15) is 4.79 Å². The Morgan fingerprint density at radius 3 is 2.79 bits per heavy atom. The fourth-order valence-electron chi connectivity index (χ4n) is 2.04. The summed E-state index contributed by atoms with van der Waals surface area (Å²) in [6, 6.07) is 7.64. The molecule has 1 aromatic carbocycles. The van der Waals surface area contributed by atoms with Crippen LogP contribution in [0.3, 0.4) is 0 Å². The maximum Gasteiger partial charge on any atom is 0.220 e. The quantitative estimate of drug-likeness (QED) is 0.812. The van der Waals surface area contributed by atoms with Gasteiger partial charge in [0, 0.05) is 24.5 Å². The summed E-state index contributed by atoms with van der Waals surface area (Å²) in [5, 5.41) is 6.95. The molecule has 0 bridgehead atoms. The molecular weight excluding hydrogens is 260 g/mol. The summed E-state index contributed by atoms with van der Waals surface area (Å²) in [5.41, 5.74) is 2.46. The van der Waals surface area contributed by atoms with Gasteiger partial charge in [0.15, 0.2) is 0 Å². The van der Waals surface area contributed by atoms with Gasteiger partial charge in [0.1, 0.15) is 0 Å². The third-order valence-electron chi connectivity index (χ3n) is 3.22. The first-order valence-electron chi connectivity index (χ1n) is 6.64. The molecule has 4 heteroatoms. The minimum Gasteiger partial charge on any atom is -0.352 e. The number of rotatable bonds is 5. The van der Waals surface area contributed by atoms with E-state index in [2.05, 4.69) is 16.7 Å². The number of nitrogens with one attached hydrogen (secondary N) is 2. The molecule has 19 heavy (non-hydrogen) atoms. The van der Waals surface area contributed by atoms with Gasteiger partial charge >= 0.3 is 0 Å². The summed E-state index contributed by atoms with van der Waals surface area (Å²) < 4.78 is 0. The molecule has 1 aromatic rings. The van der Waals surface area contributed by atoms with E-state index in [4.69, 9.17) is 11.6 Å². The number of aryl methyl sites for hydroxylation is 1. The highest BCUT2D eigenvalue weighted by Gasteiger charge is 2.06. The molecule has 0 radical (unpaired) electrons. The van der Waals surface area contributed by atoms with Crippen LogP contribution < -0.4 is 10.6 Å². The van der Waals surface area contributed by atoms with Crippen LogP contribution >= 0.6 is 11.6 Å². The Morgan fingerprint density at radius 1 is 1.32 bits per heavy atom. The number of benzene rings is 1. The maximum absolute atomic E-state index is 11.7. The molecule has 102 valence electrons. The second-order valence-electron chi connectivity index (χ2n) is 4.72. The summed E-state index contributed by atoms with van der Waals surface area (Å²) >= 11 is 5.82. The Kier molecular flexibility index (Phi) is 5.43.